The lowest BCUT2D eigenvalue weighted by molar-refractivity contribution is -0.150. The molecule has 0 radical (unpaired) electrons. The number of halogens is 1. The van der Waals surface area contributed by atoms with Crippen molar-refractivity contribution in [3.05, 3.63) is 95.3 Å². The number of rotatable bonds is 10. The highest BCUT2D eigenvalue weighted by atomic mass is 19.1. The molecule has 0 saturated carbocycles. The third-order valence-electron chi connectivity index (χ3n) is 7.90. The molecule has 2 amide bonds. The molecular formula is C33H39FN2O4. The molecule has 212 valence electrons. The van der Waals surface area contributed by atoms with Gasteiger partial charge in [-0.05, 0) is 81.3 Å². The summed E-state index contributed by atoms with van der Waals surface area (Å²) in [5, 5.41) is 5.73. The van der Waals surface area contributed by atoms with Gasteiger partial charge in [0, 0.05) is 30.6 Å². The standard InChI is InChI=1S/C33H39FN2O4/c1-33(2)29-18-16-26(14-11-23-9-12-25(34)13-10-23)39-31(29)28-17-15-27(21-30(28)40-33)38-20-6-19-35-32(37)36-22-24-7-4-3-5-8-24/h3-5,7-10,12-13,15,17,21,26,29,31H,6,11,14,16,18-20,22H2,1-2H3,(H2,35,36,37)/t26-,29-,31+/m1/s1. The van der Waals surface area contributed by atoms with E-state index < -0.39 is 0 Å². The van der Waals surface area contributed by atoms with E-state index in [0.29, 0.717) is 26.1 Å². The van der Waals surface area contributed by atoms with Gasteiger partial charge in [0.15, 0.2) is 0 Å². The summed E-state index contributed by atoms with van der Waals surface area (Å²) in [4.78, 5) is 12.0. The van der Waals surface area contributed by atoms with Crippen LogP contribution in [-0.2, 0) is 17.7 Å². The van der Waals surface area contributed by atoms with Gasteiger partial charge in [0.2, 0.25) is 0 Å². The van der Waals surface area contributed by atoms with E-state index in [4.69, 9.17) is 14.2 Å². The molecule has 3 atom stereocenters. The van der Waals surface area contributed by atoms with E-state index >= 15 is 0 Å². The molecule has 3 aromatic rings. The second kappa shape index (κ2) is 12.7. The van der Waals surface area contributed by atoms with E-state index in [9.17, 15) is 9.18 Å². The molecule has 0 spiro atoms. The maximum atomic E-state index is 13.3. The molecule has 1 saturated heterocycles. The van der Waals surface area contributed by atoms with Crippen LogP contribution >= 0.6 is 0 Å². The monoisotopic (exact) mass is 546 g/mol. The second-order valence-corrected chi connectivity index (χ2v) is 11.2. The van der Waals surface area contributed by atoms with Gasteiger partial charge in [0.25, 0.3) is 0 Å². The van der Waals surface area contributed by atoms with Gasteiger partial charge in [-0.15, -0.1) is 0 Å². The Balaban J connectivity index is 1.10. The van der Waals surface area contributed by atoms with Crippen molar-refractivity contribution in [2.75, 3.05) is 13.2 Å². The molecule has 5 rings (SSSR count). The number of carbonyl (C=O) groups excluding carboxylic acids is 1. The number of fused-ring (bicyclic) bond motifs is 3. The number of amides is 2. The van der Waals surface area contributed by atoms with E-state index in [1.54, 1.807) is 0 Å². The van der Waals surface area contributed by atoms with E-state index in [1.165, 1.54) is 12.1 Å². The molecule has 0 aromatic heterocycles. The number of benzene rings is 3. The molecule has 2 N–H and O–H groups in total. The largest absolute Gasteiger partial charge is 0.493 e. The summed E-state index contributed by atoms with van der Waals surface area (Å²) in [6.45, 7) is 5.77. The van der Waals surface area contributed by atoms with Gasteiger partial charge in [0.1, 0.15) is 22.9 Å². The molecular weight excluding hydrogens is 507 g/mol. The van der Waals surface area contributed by atoms with Crippen molar-refractivity contribution in [1.82, 2.24) is 10.6 Å². The lowest BCUT2D eigenvalue weighted by atomic mass is 9.75. The van der Waals surface area contributed by atoms with Gasteiger partial charge < -0.3 is 24.8 Å². The highest BCUT2D eigenvalue weighted by Crippen LogP contribution is 2.51. The molecule has 0 unspecified atom stereocenters. The van der Waals surface area contributed by atoms with Crippen LogP contribution in [0.1, 0.15) is 62.3 Å². The van der Waals surface area contributed by atoms with Crippen molar-refractivity contribution in [2.45, 2.75) is 70.3 Å². The third-order valence-corrected chi connectivity index (χ3v) is 7.90. The Morgan fingerprint density at radius 3 is 2.60 bits per heavy atom. The zero-order valence-electron chi connectivity index (χ0n) is 23.3. The van der Waals surface area contributed by atoms with Crippen LogP contribution in [0, 0.1) is 11.7 Å². The van der Waals surface area contributed by atoms with Crippen LogP contribution in [-0.4, -0.2) is 30.9 Å². The molecule has 40 heavy (non-hydrogen) atoms. The fourth-order valence-corrected chi connectivity index (χ4v) is 5.67. The fourth-order valence-electron chi connectivity index (χ4n) is 5.67. The normalized spacial score (nSPS) is 20.9. The number of hydrogen-bond acceptors (Lipinski definition) is 4. The smallest absolute Gasteiger partial charge is 0.315 e. The summed E-state index contributed by atoms with van der Waals surface area (Å²) in [5.74, 6) is 1.61. The number of aryl methyl sites for hydroxylation is 1. The van der Waals surface area contributed by atoms with E-state index in [1.807, 2.05) is 54.6 Å². The lowest BCUT2D eigenvalue weighted by Gasteiger charge is -2.48. The predicted molar refractivity (Wildman–Crippen MR) is 153 cm³/mol. The maximum absolute atomic E-state index is 13.3. The molecule has 6 nitrogen and oxygen atoms in total. The van der Waals surface area contributed by atoms with E-state index in [-0.39, 0.29) is 35.6 Å². The van der Waals surface area contributed by atoms with Gasteiger partial charge in [0.05, 0.1) is 18.8 Å². The highest BCUT2D eigenvalue weighted by molar-refractivity contribution is 5.73. The first-order valence-electron chi connectivity index (χ1n) is 14.3. The number of urea groups is 1. The molecule has 2 aliphatic heterocycles. The first kappa shape index (κ1) is 28.0. The Hall–Kier alpha value is -3.58. The van der Waals surface area contributed by atoms with Crippen LogP contribution in [0.4, 0.5) is 9.18 Å². The summed E-state index contributed by atoms with van der Waals surface area (Å²) < 4.78 is 32.4. The SMILES string of the molecule is CC1(C)Oc2cc(OCCCNC(=O)NCc3ccccc3)ccc2[C@@H]2O[C@H](CCc3ccc(F)cc3)CC[C@H]21. The van der Waals surface area contributed by atoms with Crippen LogP contribution in [0.15, 0.2) is 72.8 Å². The molecule has 7 heteroatoms. The van der Waals surface area contributed by atoms with Crippen LogP contribution in [0.3, 0.4) is 0 Å². The summed E-state index contributed by atoms with van der Waals surface area (Å²) in [6.07, 6.45) is 4.61. The molecule has 2 aliphatic rings. The van der Waals surface area contributed by atoms with E-state index in [0.717, 1.165) is 53.9 Å². The Morgan fingerprint density at radius 2 is 1.80 bits per heavy atom. The zero-order valence-corrected chi connectivity index (χ0v) is 23.3. The number of hydrogen-bond donors (Lipinski definition) is 2. The minimum absolute atomic E-state index is 0.0293. The van der Waals surface area contributed by atoms with Crippen molar-refractivity contribution >= 4 is 6.03 Å². The van der Waals surface area contributed by atoms with Gasteiger partial charge in [-0.3, -0.25) is 0 Å². The first-order valence-corrected chi connectivity index (χ1v) is 14.3. The minimum atomic E-state index is -0.352. The van der Waals surface area contributed by atoms with Crippen molar-refractivity contribution in [1.29, 1.82) is 0 Å². The topological polar surface area (TPSA) is 68.8 Å². The summed E-state index contributed by atoms with van der Waals surface area (Å²) in [7, 11) is 0. The molecule has 3 aromatic carbocycles. The quantitative estimate of drug-likeness (QED) is 0.277. The number of nitrogens with one attached hydrogen (secondary N) is 2. The molecule has 1 fully saturated rings. The third kappa shape index (κ3) is 7.13. The van der Waals surface area contributed by atoms with Crippen LogP contribution in [0.25, 0.3) is 0 Å². The van der Waals surface area contributed by atoms with Crippen molar-refractivity contribution in [2.24, 2.45) is 5.92 Å². The second-order valence-electron chi connectivity index (χ2n) is 11.2. The summed E-state index contributed by atoms with van der Waals surface area (Å²) in [6, 6.07) is 22.4. The summed E-state index contributed by atoms with van der Waals surface area (Å²) >= 11 is 0. The number of carbonyl (C=O) groups is 1. The molecule has 0 bridgehead atoms. The lowest BCUT2D eigenvalue weighted by Crippen LogP contribution is -2.48. The van der Waals surface area contributed by atoms with E-state index in [2.05, 4.69) is 30.5 Å². The van der Waals surface area contributed by atoms with Gasteiger partial charge in [-0.2, -0.15) is 0 Å². The van der Waals surface area contributed by atoms with Gasteiger partial charge in [-0.1, -0.05) is 42.5 Å². The van der Waals surface area contributed by atoms with Crippen molar-refractivity contribution < 1.29 is 23.4 Å². The predicted octanol–water partition coefficient (Wildman–Crippen LogP) is 6.73. The molecule has 0 aliphatic carbocycles. The Labute approximate surface area is 236 Å². The number of ether oxygens (including phenoxy) is 3. The Bertz CT molecular complexity index is 1270. The Morgan fingerprint density at radius 1 is 1.00 bits per heavy atom. The van der Waals surface area contributed by atoms with Gasteiger partial charge in [-0.25, -0.2) is 9.18 Å². The van der Waals surface area contributed by atoms with Crippen LogP contribution in [0.2, 0.25) is 0 Å². The van der Waals surface area contributed by atoms with Crippen molar-refractivity contribution in [3.8, 4) is 11.5 Å². The minimum Gasteiger partial charge on any atom is -0.493 e. The van der Waals surface area contributed by atoms with Crippen molar-refractivity contribution in [3.63, 3.8) is 0 Å². The Kier molecular flexibility index (Phi) is 8.90. The zero-order chi connectivity index (χ0) is 28.0. The maximum Gasteiger partial charge on any atom is 0.315 e. The highest BCUT2D eigenvalue weighted by Gasteiger charge is 2.47. The molecule has 2 heterocycles. The average molecular weight is 547 g/mol. The van der Waals surface area contributed by atoms with Crippen LogP contribution in [0.5, 0.6) is 11.5 Å². The fraction of sp³-hybridized carbons (Fsp3) is 0.424. The first-order chi connectivity index (χ1) is 19.4. The van der Waals surface area contributed by atoms with Gasteiger partial charge >= 0.3 is 6.03 Å². The summed E-state index contributed by atoms with van der Waals surface area (Å²) in [5.41, 5.74) is 2.91. The average Bonchev–Trinajstić information content (AvgIpc) is 2.95. The van der Waals surface area contributed by atoms with Crippen LogP contribution < -0.4 is 20.1 Å².